The van der Waals surface area contributed by atoms with Gasteiger partial charge in [0.05, 0.1) is 10.7 Å². The molecule has 2 aromatic rings. The Kier molecular flexibility index (Phi) is 5.20. The fraction of sp³-hybridized carbons (Fsp3) is 0.143. The van der Waals surface area contributed by atoms with Gasteiger partial charge in [0, 0.05) is 28.8 Å². The van der Waals surface area contributed by atoms with Crippen molar-refractivity contribution in [3.8, 4) is 0 Å². The summed E-state index contributed by atoms with van der Waals surface area (Å²) in [5.74, 6) is 0. The van der Waals surface area contributed by atoms with Gasteiger partial charge in [-0.15, -0.1) is 0 Å². The molecule has 0 radical (unpaired) electrons. The average molecular weight is 316 g/mol. The summed E-state index contributed by atoms with van der Waals surface area (Å²) in [6.45, 7) is 1.51. The third-order valence-electron chi connectivity index (χ3n) is 2.53. The Bertz CT molecular complexity index is 558. The molecule has 0 aliphatic rings. The van der Waals surface area contributed by atoms with Crippen molar-refractivity contribution in [2.45, 2.75) is 0 Å². The summed E-state index contributed by atoms with van der Waals surface area (Å²) in [5, 5.41) is 8.48. The number of hydrogen-bond acceptors (Lipinski definition) is 2. The Hall–Kier alpha value is -1.09. The normalized spacial score (nSPS) is 10.3. The zero-order valence-corrected chi connectivity index (χ0v) is 12.4. The Morgan fingerprint density at radius 3 is 2.26 bits per heavy atom. The van der Waals surface area contributed by atoms with Crippen molar-refractivity contribution >= 4 is 46.2 Å². The van der Waals surface area contributed by atoms with Gasteiger partial charge in [-0.3, -0.25) is 0 Å². The number of halogens is 3. The highest BCUT2D eigenvalue weighted by Gasteiger charge is 2.00. The van der Waals surface area contributed by atoms with E-state index in [0.717, 1.165) is 29.5 Å². The predicted molar refractivity (Wildman–Crippen MR) is 84.9 cm³/mol. The molecule has 100 valence electrons. The molecule has 0 atom stereocenters. The minimum absolute atomic E-state index is 0.621. The first-order chi connectivity index (χ1) is 9.15. The molecule has 0 fully saturated rings. The summed E-state index contributed by atoms with van der Waals surface area (Å²) in [6, 6.07) is 13.0. The molecule has 0 aliphatic carbocycles. The summed E-state index contributed by atoms with van der Waals surface area (Å²) >= 11 is 17.8. The fourth-order valence-electron chi connectivity index (χ4n) is 1.64. The molecule has 2 nitrogen and oxygen atoms in total. The van der Waals surface area contributed by atoms with Gasteiger partial charge in [-0.05, 0) is 36.4 Å². The van der Waals surface area contributed by atoms with Gasteiger partial charge in [0.25, 0.3) is 0 Å². The van der Waals surface area contributed by atoms with Gasteiger partial charge in [-0.25, -0.2) is 0 Å². The molecule has 0 bridgehead atoms. The first-order valence-corrected chi connectivity index (χ1v) is 6.97. The van der Waals surface area contributed by atoms with Gasteiger partial charge >= 0.3 is 0 Å². The fourth-order valence-corrected chi connectivity index (χ4v) is 2.30. The number of hydrogen-bond donors (Lipinski definition) is 2. The van der Waals surface area contributed by atoms with Crippen LogP contribution in [-0.2, 0) is 0 Å². The van der Waals surface area contributed by atoms with Gasteiger partial charge in [0.1, 0.15) is 0 Å². The lowest BCUT2D eigenvalue weighted by Gasteiger charge is -2.10. The van der Waals surface area contributed by atoms with E-state index in [-0.39, 0.29) is 0 Å². The average Bonchev–Trinajstić information content (AvgIpc) is 2.37. The maximum atomic E-state index is 6.06. The zero-order chi connectivity index (χ0) is 13.7. The Morgan fingerprint density at radius 1 is 0.789 bits per heavy atom. The van der Waals surface area contributed by atoms with E-state index in [1.54, 1.807) is 12.1 Å². The molecule has 5 heteroatoms. The molecular formula is C14H13Cl3N2. The van der Waals surface area contributed by atoms with E-state index >= 15 is 0 Å². The minimum Gasteiger partial charge on any atom is -0.383 e. The standard InChI is InChI=1S/C14H13Cl3N2/c15-10-2-1-3-12(8-10)18-6-7-19-14-5-4-11(16)9-13(14)17/h1-5,8-9,18-19H,6-7H2. The van der Waals surface area contributed by atoms with E-state index in [2.05, 4.69) is 10.6 Å². The summed E-state index contributed by atoms with van der Waals surface area (Å²) in [5.41, 5.74) is 1.87. The molecule has 0 spiro atoms. The highest BCUT2D eigenvalue weighted by Crippen LogP contribution is 2.25. The highest BCUT2D eigenvalue weighted by atomic mass is 35.5. The van der Waals surface area contributed by atoms with Crippen LogP contribution in [-0.4, -0.2) is 13.1 Å². The number of nitrogens with one attached hydrogen (secondary N) is 2. The molecule has 19 heavy (non-hydrogen) atoms. The summed E-state index contributed by atoms with van der Waals surface area (Å²) in [6.07, 6.45) is 0. The maximum Gasteiger partial charge on any atom is 0.0652 e. The van der Waals surface area contributed by atoms with Crippen molar-refractivity contribution in [1.82, 2.24) is 0 Å². The molecule has 2 aromatic carbocycles. The number of rotatable bonds is 5. The Morgan fingerprint density at radius 2 is 1.53 bits per heavy atom. The molecule has 0 unspecified atom stereocenters. The largest absolute Gasteiger partial charge is 0.383 e. The van der Waals surface area contributed by atoms with Crippen LogP contribution in [0.5, 0.6) is 0 Å². The summed E-state index contributed by atoms with van der Waals surface area (Å²) in [7, 11) is 0. The van der Waals surface area contributed by atoms with Crippen molar-refractivity contribution in [1.29, 1.82) is 0 Å². The molecular weight excluding hydrogens is 303 g/mol. The van der Waals surface area contributed by atoms with Crippen molar-refractivity contribution in [3.05, 3.63) is 57.5 Å². The summed E-state index contributed by atoms with van der Waals surface area (Å²) in [4.78, 5) is 0. The second kappa shape index (κ2) is 6.90. The van der Waals surface area contributed by atoms with Crippen LogP contribution in [0.1, 0.15) is 0 Å². The maximum absolute atomic E-state index is 6.06. The topological polar surface area (TPSA) is 24.1 Å². The SMILES string of the molecule is Clc1cccc(NCCNc2ccc(Cl)cc2Cl)c1. The van der Waals surface area contributed by atoms with Crippen LogP contribution in [0.2, 0.25) is 15.1 Å². The Labute approximate surface area is 127 Å². The van der Waals surface area contributed by atoms with Crippen LogP contribution >= 0.6 is 34.8 Å². The van der Waals surface area contributed by atoms with Gasteiger partial charge in [-0.1, -0.05) is 40.9 Å². The van der Waals surface area contributed by atoms with Crippen LogP contribution in [0.15, 0.2) is 42.5 Å². The highest BCUT2D eigenvalue weighted by molar-refractivity contribution is 6.36. The molecule has 0 aromatic heterocycles. The molecule has 0 aliphatic heterocycles. The second-order valence-corrected chi connectivity index (χ2v) is 5.27. The number of anilines is 2. The zero-order valence-electron chi connectivity index (χ0n) is 10.1. The van der Waals surface area contributed by atoms with E-state index in [9.17, 15) is 0 Å². The van der Waals surface area contributed by atoms with Crippen molar-refractivity contribution < 1.29 is 0 Å². The van der Waals surface area contributed by atoms with Crippen LogP contribution in [0.3, 0.4) is 0 Å². The van der Waals surface area contributed by atoms with E-state index in [0.29, 0.717) is 10.0 Å². The van der Waals surface area contributed by atoms with Crippen molar-refractivity contribution in [3.63, 3.8) is 0 Å². The lowest BCUT2D eigenvalue weighted by atomic mass is 10.3. The molecule has 2 rings (SSSR count). The van der Waals surface area contributed by atoms with E-state index in [1.807, 2.05) is 30.3 Å². The van der Waals surface area contributed by atoms with E-state index in [4.69, 9.17) is 34.8 Å². The molecule has 0 saturated heterocycles. The monoisotopic (exact) mass is 314 g/mol. The second-order valence-electron chi connectivity index (χ2n) is 3.99. The van der Waals surface area contributed by atoms with Crippen LogP contribution in [0.4, 0.5) is 11.4 Å². The van der Waals surface area contributed by atoms with Gasteiger partial charge in [-0.2, -0.15) is 0 Å². The van der Waals surface area contributed by atoms with Gasteiger partial charge in [0.2, 0.25) is 0 Å². The van der Waals surface area contributed by atoms with Crippen LogP contribution < -0.4 is 10.6 Å². The van der Waals surface area contributed by atoms with Crippen molar-refractivity contribution in [2.24, 2.45) is 0 Å². The Balaban J connectivity index is 1.81. The van der Waals surface area contributed by atoms with Crippen LogP contribution in [0.25, 0.3) is 0 Å². The first-order valence-electron chi connectivity index (χ1n) is 5.83. The van der Waals surface area contributed by atoms with Gasteiger partial charge in [0.15, 0.2) is 0 Å². The van der Waals surface area contributed by atoms with E-state index < -0.39 is 0 Å². The van der Waals surface area contributed by atoms with Crippen LogP contribution in [0, 0.1) is 0 Å². The number of benzene rings is 2. The van der Waals surface area contributed by atoms with E-state index in [1.165, 1.54) is 0 Å². The molecule has 0 heterocycles. The van der Waals surface area contributed by atoms with Crippen molar-refractivity contribution in [2.75, 3.05) is 23.7 Å². The quantitative estimate of drug-likeness (QED) is 0.744. The molecule has 2 N–H and O–H groups in total. The van der Waals surface area contributed by atoms with Gasteiger partial charge < -0.3 is 10.6 Å². The summed E-state index contributed by atoms with van der Waals surface area (Å²) < 4.78 is 0. The third kappa shape index (κ3) is 4.50. The molecule has 0 saturated carbocycles. The lowest BCUT2D eigenvalue weighted by molar-refractivity contribution is 1.08. The smallest absolute Gasteiger partial charge is 0.0652 e. The predicted octanol–water partition coefficient (Wildman–Crippen LogP) is 5.17. The first kappa shape index (κ1) is 14.3. The minimum atomic E-state index is 0.621. The molecule has 0 amide bonds. The lowest BCUT2D eigenvalue weighted by Crippen LogP contribution is -2.13. The third-order valence-corrected chi connectivity index (χ3v) is 3.31.